The minimum atomic E-state index is -1.72. The maximum absolute atomic E-state index is 11.4. The minimum absolute atomic E-state index is 0.0868. The van der Waals surface area contributed by atoms with Crippen molar-refractivity contribution in [3.63, 3.8) is 0 Å². The number of carboxylic acids is 1. The van der Waals surface area contributed by atoms with Crippen molar-refractivity contribution in [2.45, 2.75) is 25.6 Å². The van der Waals surface area contributed by atoms with Crippen LogP contribution in [0.2, 0.25) is 0 Å². The van der Waals surface area contributed by atoms with Gasteiger partial charge in [0, 0.05) is 5.56 Å². The SMILES string of the molecule is CCOC(=O)C(O)C(O)c1ccc(CC(=O)O)c(OC)c1. The summed E-state index contributed by atoms with van der Waals surface area (Å²) >= 11 is 0. The molecule has 3 N–H and O–H groups in total. The molecular weight excluding hydrogens is 280 g/mol. The van der Waals surface area contributed by atoms with Crippen LogP contribution in [0.15, 0.2) is 18.2 Å². The Bertz CT molecular complexity index is 512. The lowest BCUT2D eigenvalue weighted by Crippen LogP contribution is -2.29. The molecule has 1 aromatic rings. The molecule has 0 amide bonds. The maximum Gasteiger partial charge on any atom is 0.338 e. The molecule has 7 heteroatoms. The lowest BCUT2D eigenvalue weighted by Gasteiger charge is -2.18. The average molecular weight is 298 g/mol. The van der Waals surface area contributed by atoms with Crippen LogP contribution in [0.25, 0.3) is 0 Å². The number of carbonyl (C=O) groups excluding carboxylic acids is 1. The smallest absolute Gasteiger partial charge is 0.338 e. The molecule has 21 heavy (non-hydrogen) atoms. The number of methoxy groups -OCH3 is 1. The molecule has 0 aliphatic carbocycles. The van der Waals surface area contributed by atoms with E-state index in [0.29, 0.717) is 5.56 Å². The molecule has 2 unspecified atom stereocenters. The first-order chi connectivity index (χ1) is 9.90. The fourth-order valence-corrected chi connectivity index (χ4v) is 1.79. The van der Waals surface area contributed by atoms with Gasteiger partial charge in [-0.05, 0) is 18.6 Å². The molecule has 0 aliphatic heterocycles. The zero-order chi connectivity index (χ0) is 16.0. The molecule has 7 nitrogen and oxygen atoms in total. The van der Waals surface area contributed by atoms with Crippen LogP contribution >= 0.6 is 0 Å². The van der Waals surface area contributed by atoms with Crippen molar-refractivity contribution < 1.29 is 34.4 Å². The number of carboxylic acid groups (broad SMARTS) is 1. The van der Waals surface area contributed by atoms with E-state index in [9.17, 15) is 19.8 Å². The summed E-state index contributed by atoms with van der Waals surface area (Å²) in [5.74, 6) is -1.70. The molecule has 2 atom stereocenters. The second kappa shape index (κ2) is 7.61. The number of carbonyl (C=O) groups is 2. The van der Waals surface area contributed by atoms with Gasteiger partial charge < -0.3 is 24.8 Å². The van der Waals surface area contributed by atoms with Crippen LogP contribution in [-0.4, -0.2) is 47.1 Å². The van der Waals surface area contributed by atoms with Crippen molar-refractivity contribution in [2.24, 2.45) is 0 Å². The molecule has 0 bridgehead atoms. The van der Waals surface area contributed by atoms with Gasteiger partial charge in [0.15, 0.2) is 6.10 Å². The monoisotopic (exact) mass is 298 g/mol. The third-order valence-corrected chi connectivity index (χ3v) is 2.82. The quantitative estimate of drug-likeness (QED) is 0.619. The normalized spacial score (nSPS) is 13.3. The van der Waals surface area contributed by atoms with Gasteiger partial charge in [-0.25, -0.2) is 4.79 Å². The van der Waals surface area contributed by atoms with Gasteiger partial charge >= 0.3 is 11.9 Å². The van der Waals surface area contributed by atoms with Crippen LogP contribution in [-0.2, 0) is 20.7 Å². The Balaban J connectivity index is 2.97. The number of ether oxygens (including phenoxy) is 2. The third-order valence-electron chi connectivity index (χ3n) is 2.82. The van der Waals surface area contributed by atoms with Crippen molar-refractivity contribution in [1.29, 1.82) is 0 Å². The number of benzene rings is 1. The lowest BCUT2D eigenvalue weighted by molar-refractivity contribution is -0.159. The molecule has 0 saturated carbocycles. The van der Waals surface area contributed by atoms with Crippen molar-refractivity contribution in [1.82, 2.24) is 0 Å². The van der Waals surface area contributed by atoms with E-state index >= 15 is 0 Å². The predicted molar refractivity (Wildman–Crippen MR) is 71.9 cm³/mol. The molecule has 0 spiro atoms. The summed E-state index contributed by atoms with van der Waals surface area (Å²) in [6, 6.07) is 4.27. The topological polar surface area (TPSA) is 113 Å². The second-order valence-corrected chi connectivity index (χ2v) is 4.28. The van der Waals surface area contributed by atoms with Crippen molar-refractivity contribution in [3.05, 3.63) is 29.3 Å². The Morgan fingerprint density at radius 3 is 2.48 bits per heavy atom. The van der Waals surface area contributed by atoms with Gasteiger partial charge in [0.25, 0.3) is 0 Å². The second-order valence-electron chi connectivity index (χ2n) is 4.28. The highest BCUT2D eigenvalue weighted by molar-refractivity contribution is 5.75. The zero-order valence-electron chi connectivity index (χ0n) is 11.8. The molecule has 0 saturated heterocycles. The van der Waals surface area contributed by atoms with E-state index in [2.05, 4.69) is 4.74 Å². The summed E-state index contributed by atoms with van der Waals surface area (Å²) < 4.78 is 9.67. The highest BCUT2D eigenvalue weighted by Crippen LogP contribution is 2.26. The Morgan fingerprint density at radius 1 is 1.29 bits per heavy atom. The van der Waals surface area contributed by atoms with Crippen LogP contribution in [0.4, 0.5) is 0 Å². The van der Waals surface area contributed by atoms with E-state index in [0.717, 1.165) is 0 Å². The number of aliphatic hydroxyl groups is 2. The van der Waals surface area contributed by atoms with Gasteiger partial charge in [0.1, 0.15) is 11.9 Å². The standard InChI is InChI=1S/C14H18O7/c1-3-21-14(19)13(18)12(17)9-5-4-8(7-11(15)16)10(6-9)20-2/h4-6,12-13,17-18H,3,7H2,1-2H3,(H,15,16). The van der Waals surface area contributed by atoms with E-state index in [1.54, 1.807) is 6.92 Å². The average Bonchev–Trinajstić information content (AvgIpc) is 2.45. The van der Waals surface area contributed by atoms with Gasteiger partial charge in [-0.2, -0.15) is 0 Å². The molecule has 0 aliphatic rings. The van der Waals surface area contributed by atoms with E-state index in [1.165, 1.54) is 25.3 Å². The van der Waals surface area contributed by atoms with Crippen molar-refractivity contribution in [2.75, 3.05) is 13.7 Å². The minimum Gasteiger partial charge on any atom is -0.496 e. The van der Waals surface area contributed by atoms with E-state index < -0.39 is 24.1 Å². The summed E-state index contributed by atoms with van der Waals surface area (Å²) in [6.45, 7) is 1.67. The first kappa shape index (κ1) is 16.9. The van der Waals surface area contributed by atoms with Crippen LogP contribution in [0.5, 0.6) is 5.75 Å². The van der Waals surface area contributed by atoms with Gasteiger partial charge in [-0.3, -0.25) is 4.79 Å². The largest absolute Gasteiger partial charge is 0.496 e. The highest BCUT2D eigenvalue weighted by Gasteiger charge is 2.27. The highest BCUT2D eigenvalue weighted by atomic mass is 16.5. The molecule has 0 radical (unpaired) electrons. The first-order valence-corrected chi connectivity index (χ1v) is 6.32. The van der Waals surface area contributed by atoms with Gasteiger partial charge in [0.2, 0.25) is 0 Å². The number of hydrogen-bond acceptors (Lipinski definition) is 6. The molecule has 1 rings (SSSR count). The van der Waals surface area contributed by atoms with Crippen LogP contribution in [0.3, 0.4) is 0 Å². The predicted octanol–water partition coefficient (Wildman–Crippen LogP) is 0.280. The lowest BCUT2D eigenvalue weighted by atomic mass is 10.0. The Labute approximate surface area is 121 Å². The van der Waals surface area contributed by atoms with E-state index in [1.807, 2.05) is 0 Å². The first-order valence-electron chi connectivity index (χ1n) is 6.32. The zero-order valence-corrected chi connectivity index (χ0v) is 11.8. The van der Waals surface area contributed by atoms with Crippen LogP contribution in [0.1, 0.15) is 24.2 Å². The molecule has 0 fully saturated rings. The van der Waals surface area contributed by atoms with Crippen molar-refractivity contribution >= 4 is 11.9 Å². The van der Waals surface area contributed by atoms with Gasteiger partial charge in [0.05, 0.1) is 20.1 Å². The van der Waals surface area contributed by atoms with Gasteiger partial charge in [-0.1, -0.05) is 12.1 Å². The molecule has 1 aromatic carbocycles. The van der Waals surface area contributed by atoms with Gasteiger partial charge in [-0.15, -0.1) is 0 Å². The molecule has 0 aromatic heterocycles. The summed E-state index contributed by atoms with van der Waals surface area (Å²) in [5, 5.41) is 28.4. The Morgan fingerprint density at radius 2 is 1.95 bits per heavy atom. The summed E-state index contributed by atoms with van der Waals surface area (Å²) in [4.78, 5) is 22.1. The number of aliphatic hydroxyl groups excluding tert-OH is 2. The van der Waals surface area contributed by atoms with E-state index in [4.69, 9.17) is 9.84 Å². The summed E-state index contributed by atoms with van der Waals surface area (Å²) in [5.41, 5.74) is 0.646. The number of esters is 1. The van der Waals surface area contributed by atoms with Crippen molar-refractivity contribution in [3.8, 4) is 5.75 Å². The third kappa shape index (κ3) is 4.44. The molecular formula is C14H18O7. The Hall–Kier alpha value is -2.12. The van der Waals surface area contributed by atoms with E-state index in [-0.39, 0.29) is 24.3 Å². The molecule has 116 valence electrons. The summed E-state index contributed by atoms with van der Waals surface area (Å²) in [7, 11) is 1.36. The molecule has 0 heterocycles. The number of aliphatic carboxylic acids is 1. The van der Waals surface area contributed by atoms with Crippen LogP contribution in [0, 0.1) is 0 Å². The summed E-state index contributed by atoms with van der Waals surface area (Å²) in [6.07, 6.45) is -3.45. The fourth-order valence-electron chi connectivity index (χ4n) is 1.79. The number of rotatable bonds is 7. The number of hydrogen-bond donors (Lipinski definition) is 3. The maximum atomic E-state index is 11.4. The van der Waals surface area contributed by atoms with Crippen LogP contribution < -0.4 is 4.74 Å². The fraction of sp³-hybridized carbons (Fsp3) is 0.429. The Kier molecular flexibility index (Phi) is 6.13.